The maximum absolute atomic E-state index is 13.6. The van der Waals surface area contributed by atoms with Crippen LogP contribution in [0.3, 0.4) is 0 Å². The number of alkyl halides is 3. The summed E-state index contributed by atoms with van der Waals surface area (Å²) in [5.74, 6) is 0. The highest BCUT2D eigenvalue weighted by Gasteiger charge is 2.36. The van der Waals surface area contributed by atoms with Gasteiger partial charge in [0.15, 0.2) is 0 Å². The van der Waals surface area contributed by atoms with E-state index in [9.17, 15) is 28.0 Å². The average Bonchev–Trinajstić information content (AvgIpc) is 3.58. The number of aromatic nitrogens is 4. The molecule has 0 bridgehead atoms. The van der Waals surface area contributed by atoms with E-state index in [1.54, 1.807) is 12.3 Å². The van der Waals surface area contributed by atoms with Gasteiger partial charge < -0.3 is 14.5 Å². The Morgan fingerprint density at radius 2 is 1.91 bits per heavy atom. The number of hydrogen-bond donors (Lipinski definition) is 1. The smallest absolute Gasteiger partial charge is 0.345 e. The summed E-state index contributed by atoms with van der Waals surface area (Å²) in [6, 6.07) is 11.8. The summed E-state index contributed by atoms with van der Waals surface area (Å²) in [6.07, 6.45) is 0.735. The SMILES string of the molecule is CCn1cc(C(F)(F)F)c(=O)n(Cc2cc3nccc(-c4cc(Cl)cc5ccn(CC6(C#N)CCNCC6)c45)c3s2)c1=O. The number of halogens is 4. The van der Waals surface area contributed by atoms with E-state index in [2.05, 4.69) is 20.9 Å². The molecule has 1 fully saturated rings. The molecule has 1 aromatic carbocycles. The number of hydrogen-bond acceptors (Lipinski definition) is 6. The number of benzene rings is 1. The third-order valence-electron chi connectivity index (χ3n) is 8.05. The Bertz CT molecular complexity index is 2030. The van der Waals surface area contributed by atoms with Crippen LogP contribution in [0.15, 0.2) is 58.5 Å². The Labute approximate surface area is 252 Å². The Balaban J connectivity index is 1.48. The highest BCUT2D eigenvalue weighted by molar-refractivity contribution is 7.19. The van der Waals surface area contributed by atoms with Crippen molar-refractivity contribution in [3.05, 3.63) is 85.2 Å². The molecule has 0 unspecified atom stereocenters. The molecule has 8 nitrogen and oxygen atoms in total. The summed E-state index contributed by atoms with van der Waals surface area (Å²) in [4.78, 5) is 30.7. The number of aryl methyl sites for hydroxylation is 1. The first-order valence-corrected chi connectivity index (χ1v) is 14.9. The van der Waals surface area contributed by atoms with Crippen molar-refractivity contribution in [2.75, 3.05) is 13.1 Å². The Morgan fingerprint density at radius 1 is 1.14 bits per heavy atom. The van der Waals surface area contributed by atoms with Crippen LogP contribution in [0.5, 0.6) is 0 Å². The van der Waals surface area contributed by atoms with Crippen molar-refractivity contribution in [2.45, 2.75) is 45.6 Å². The largest absolute Gasteiger partial charge is 0.423 e. The van der Waals surface area contributed by atoms with E-state index in [-0.39, 0.29) is 13.1 Å². The van der Waals surface area contributed by atoms with Crippen LogP contribution < -0.4 is 16.6 Å². The third-order valence-corrected chi connectivity index (χ3v) is 9.41. The monoisotopic (exact) mass is 626 g/mol. The number of thiophene rings is 1. The van der Waals surface area contributed by atoms with Crippen molar-refractivity contribution in [1.29, 1.82) is 5.26 Å². The van der Waals surface area contributed by atoms with Crippen LogP contribution in [0.4, 0.5) is 13.2 Å². The lowest BCUT2D eigenvalue weighted by Gasteiger charge is -2.32. The number of nitrogens with zero attached hydrogens (tertiary/aromatic N) is 5. The second kappa shape index (κ2) is 11.0. The summed E-state index contributed by atoms with van der Waals surface area (Å²) in [6.45, 7) is 3.24. The lowest BCUT2D eigenvalue weighted by Crippen LogP contribution is -2.43. The van der Waals surface area contributed by atoms with Crippen LogP contribution in [-0.4, -0.2) is 31.8 Å². The fraction of sp³-hybridized carbons (Fsp3) is 0.333. The maximum atomic E-state index is 13.6. The van der Waals surface area contributed by atoms with E-state index < -0.39 is 28.4 Å². The summed E-state index contributed by atoms with van der Waals surface area (Å²) >= 11 is 7.81. The molecule has 0 aliphatic carbocycles. The van der Waals surface area contributed by atoms with Gasteiger partial charge in [0.25, 0.3) is 5.56 Å². The minimum atomic E-state index is -4.90. The topological polar surface area (TPSA) is 97.6 Å². The van der Waals surface area contributed by atoms with Crippen molar-refractivity contribution in [2.24, 2.45) is 5.41 Å². The molecule has 6 rings (SSSR count). The Kier molecular flexibility index (Phi) is 7.44. The average molecular weight is 627 g/mol. The predicted molar refractivity (Wildman–Crippen MR) is 160 cm³/mol. The molecule has 13 heteroatoms. The molecule has 5 aromatic rings. The predicted octanol–water partition coefficient (Wildman–Crippen LogP) is 5.88. The van der Waals surface area contributed by atoms with Gasteiger partial charge in [-0.15, -0.1) is 11.3 Å². The minimum Gasteiger partial charge on any atom is -0.345 e. The van der Waals surface area contributed by atoms with E-state index in [0.717, 1.165) is 57.2 Å². The molecular formula is C30H26ClF3N6O2S. The Morgan fingerprint density at radius 3 is 2.60 bits per heavy atom. The van der Waals surface area contributed by atoms with Gasteiger partial charge in [0.1, 0.15) is 5.56 Å². The van der Waals surface area contributed by atoms with E-state index in [1.165, 1.54) is 18.3 Å². The maximum Gasteiger partial charge on any atom is 0.423 e. The first-order chi connectivity index (χ1) is 20.5. The number of nitrogens with one attached hydrogen (secondary N) is 1. The van der Waals surface area contributed by atoms with Gasteiger partial charge in [0.05, 0.1) is 33.8 Å². The van der Waals surface area contributed by atoms with Crippen LogP contribution in [0.25, 0.3) is 32.2 Å². The molecule has 1 aliphatic heterocycles. The lowest BCUT2D eigenvalue weighted by atomic mass is 9.80. The molecule has 1 N–H and O–H groups in total. The van der Waals surface area contributed by atoms with Crippen LogP contribution in [0.1, 0.15) is 30.2 Å². The first-order valence-electron chi connectivity index (χ1n) is 13.7. The fourth-order valence-corrected chi connectivity index (χ4v) is 7.19. The number of rotatable bonds is 6. The van der Waals surface area contributed by atoms with Gasteiger partial charge in [0.2, 0.25) is 0 Å². The highest BCUT2D eigenvalue weighted by Crippen LogP contribution is 2.41. The standard InChI is InChI=1S/C30H26ClF3N6O2S/c1-2-38-15-23(30(32,33)34)27(41)40(28(38)42)14-20-13-24-26(43-20)21(3-7-37-24)22-12-19(31)11-18-4-10-39(25(18)22)17-29(16-35)5-8-36-9-6-29/h3-4,7,10-13,15,36H,2,5-6,8-9,14,17H2,1H3. The van der Waals surface area contributed by atoms with E-state index in [4.69, 9.17) is 11.6 Å². The molecule has 1 saturated heterocycles. The van der Waals surface area contributed by atoms with Gasteiger partial charge in [0, 0.05) is 58.1 Å². The molecule has 0 radical (unpaired) electrons. The van der Waals surface area contributed by atoms with Crippen LogP contribution in [-0.2, 0) is 25.8 Å². The first kappa shape index (κ1) is 29.2. The molecule has 1 aliphatic rings. The molecule has 0 amide bonds. The molecule has 0 saturated carbocycles. The van der Waals surface area contributed by atoms with Gasteiger partial charge >= 0.3 is 11.9 Å². The van der Waals surface area contributed by atoms with Crippen LogP contribution in [0.2, 0.25) is 5.02 Å². The summed E-state index contributed by atoms with van der Waals surface area (Å²) < 4.78 is 45.2. The highest BCUT2D eigenvalue weighted by atomic mass is 35.5. The van der Waals surface area contributed by atoms with Gasteiger partial charge in [-0.05, 0) is 63.2 Å². The number of nitriles is 1. The summed E-state index contributed by atoms with van der Waals surface area (Å²) in [5.41, 5.74) is -1.00. The van der Waals surface area contributed by atoms with Crippen molar-refractivity contribution in [3.63, 3.8) is 0 Å². The molecule has 4 aromatic heterocycles. The number of pyridine rings is 1. The quantitative estimate of drug-likeness (QED) is 0.254. The third kappa shape index (κ3) is 5.26. The van der Waals surface area contributed by atoms with E-state index in [1.807, 2.05) is 30.5 Å². The molecule has 43 heavy (non-hydrogen) atoms. The summed E-state index contributed by atoms with van der Waals surface area (Å²) in [7, 11) is 0. The fourth-order valence-electron chi connectivity index (χ4n) is 5.83. The van der Waals surface area contributed by atoms with Gasteiger partial charge in [-0.2, -0.15) is 18.4 Å². The van der Waals surface area contributed by atoms with Crippen LogP contribution >= 0.6 is 22.9 Å². The molecule has 0 spiro atoms. The second-order valence-corrected chi connectivity index (χ2v) is 12.3. The van der Waals surface area contributed by atoms with Gasteiger partial charge in [-0.1, -0.05) is 11.6 Å². The van der Waals surface area contributed by atoms with Gasteiger partial charge in [-0.25, -0.2) is 4.79 Å². The van der Waals surface area contributed by atoms with E-state index in [0.29, 0.717) is 32.7 Å². The van der Waals surface area contributed by atoms with Crippen molar-refractivity contribution < 1.29 is 13.2 Å². The van der Waals surface area contributed by atoms with Crippen molar-refractivity contribution in [1.82, 2.24) is 24.0 Å². The second-order valence-electron chi connectivity index (χ2n) is 10.8. The zero-order chi connectivity index (χ0) is 30.5. The zero-order valence-corrected chi connectivity index (χ0v) is 24.6. The summed E-state index contributed by atoms with van der Waals surface area (Å²) in [5, 5.41) is 14.9. The molecule has 222 valence electrons. The van der Waals surface area contributed by atoms with Crippen molar-refractivity contribution >= 4 is 44.1 Å². The molecule has 0 atom stereocenters. The molecular weight excluding hydrogens is 601 g/mol. The lowest BCUT2D eigenvalue weighted by molar-refractivity contribution is -0.139. The number of piperidine rings is 1. The molecule has 5 heterocycles. The zero-order valence-electron chi connectivity index (χ0n) is 23.0. The number of fused-ring (bicyclic) bond motifs is 2. The normalized spacial score (nSPS) is 15.3. The minimum absolute atomic E-state index is 0.0195. The van der Waals surface area contributed by atoms with Gasteiger partial charge in [-0.3, -0.25) is 14.3 Å². The Hall–Kier alpha value is -3.92. The van der Waals surface area contributed by atoms with Crippen molar-refractivity contribution in [3.8, 4) is 17.2 Å². The van der Waals surface area contributed by atoms with Crippen LogP contribution in [0, 0.1) is 16.7 Å². The van der Waals surface area contributed by atoms with E-state index >= 15 is 0 Å².